The molecule has 4 rings (SSSR count). The van der Waals surface area contributed by atoms with Crippen LogP contribution in [0.1, 0.15) is 28.8 Å². The molecule has 1 saturated heterocycles. The van der Waals surface area contributed by atoms with Crippen molar-refractivity contribution in [2.45, 2.75) is 32.4 Å². The molecule has 0 bridgehead atoms. The average molecular weight is 356 g/mol. The lowest BCUT2D eigenvalue weighted by Gasteiger charge is -2.26. The molecule has 0 unspecified atom stereocenters. The van der Waals surface area contributed by atoms with Crippen LogP contribution in [0.2, 0.25) is 0 Å². The largest absolute Gasteiger partial charge is 0.372 e. The molecule has 2 aromatic rings. The first-order chi connectivity index (χ1) is 12.3. The Labute approximate surface area is 153 Å². The van der Waals surface area contributed by atoms with Crippen LogP contribution in [0.15, 0.2) is 35.7 Å². The number of anilines is 1. The van der Waals surface area contributed by atoms with Crippen LogP contribution in [0.25, 0.3) is 0 Å². The standard InChI is InChI=1S/C20H25N3OS/c24-20(15-22-11-7-19-17(14-22)8-12-25-19)21-13-16-3-5-18(6-4-16)23-9-1-2-10-23/h3-6,8,12H,1-2,7,9-11,13-15H2,(H,21,24). The van der Waals surface area contributed by atoms with Crippen LogP contribution in [-0.4, -0.2) is 37.0 Å². The molecule has 2 aliphatic heterocycles. The molecule has 1 aromatic carbocycles. The predicted molar refractivity (Wildman–Crippen MR) is 103 cm³/mol. The van der Waals surface area contributed by atoms with Crippen LogP contribution in [-0.2, 0) is 24.3 Å². The van der Waals surface area contributed by atoms with Crippen molar-refractivity contribution < 1.29 is 4.79 Å². The first kappa shape index (κ1) is 16.6. The Balaban J connectivity index is 1.24. The van der Waals surface area contributed by atoms with Gasteiger partial charge in [0.15, 0.2) is 0 Å². The Morgan fingerprint density at radius 1 is 1.08 bits per heavy atom. The fourth-order valence-electron chi connectivity index (χ4n) is 3.70. The van der Waals surface area contributed by atoms with Crippen molar-refractivity contribution in [2.75, 3.05) is 31.1 Å². The molecule has 132 valence electrons. The highest BCUT2D eigenvalue weighted by Crippen LogP contribution is 2.23. The van der Waals surface area contributed by atoms with Gasteiger partial charge in [0, 0.05) is 43.3 Å². The Hall–Kier alpha value is -1.85. The second-order valence-corrected chi connectivity index (χ2v) is 7.97. The van der Waals surface area contributed by atoms with Crippen molar-refractivity contribution in [3.05, 3.63) is 51.7 Å². The SMILES string of the molecule is O=C(CN1CCc2sccc2C1)NCc1ccc(N2CCCC2)cc1. The topological polar surface area (TPSA) is 35.6 Å². The highest BCUT2D eigenvalue weighted by atomic mass is 32.1. The summed E-state index contributed by atoms with van der Waals surface area (Å²) < 4.78 is 0. The molecule has 5 heteroatoms. The van der Waals surface area contributed by atoms with Crippen LogP contribution >= 0.6 is 11.3 Å². The number of hydrogen-bond acceptors (Lipinski definition) is 4. The van der Waals surface area contributed by atoms with Crippen LogP contribution in [0.4, 0.5) is 5.69 Å². The quantitative estimate of drug-likeness (QED) is 0.895. The van der Waals surface area contributed by atoms with E-state index in [1.165, 1.54) is 29.0 Å². The molecule has 0 atom stereocenters. The monoisotopic (exact) mass is 355 g/mol. The Bertz CT molecular complexity index is 719. The van der Waals surface area contributed by atoms with Gasteiger partial charge in [-0.3, -0.25) is 9.69 Å². The first-order valence-corrected chi connectivity index (χ1v) is 10.0. The molecule has 25 heavy (non-hydrogen) atoms. The molecule has 0 spiro atoms. The summed E-state index contributed by atoms with van der Waals surface area (Å²) in [6, 6.07) is 10.8. The van der Waals surface area contributed by atoms with E-state index < -0.39 is 0 Å². The highest BCUT2D eigenvalue weighted by molar-refractivity contribution is 7.10. The Morgan fingerprint density at radius 3 is 2.68 bits per heavy atom. The number of carbonyl (C=O) groups excluding carboxylic acids is 1. The summed E-state index contributed by atoms with van der Waals surface area (Å²) in [4.78, 5) is 18.4. The first-order valence-electron chi connectivity index (χ1n) is 9.16. The van der Waals surface area contributed by atoms with Gasteiger partial charge in [0.05, 0.1) is 6.54 Å². The number of fused-ring (bicyclic) bond motifs is 1. The zero-order chi connectivity index (χ0) is 17.1. The third-order valence-corrected chi connectivity index (χ3v) is 6.17. The molecule has 0 aliphatic carbocycles. The summed E-state index contributed by atoms with van der Waals surface area (Å²) in [5.41, 5.74) is 3.85. The molecule has 0 radical (unpaired) electrons. The molecule has 4 nitrogen and oxygen atoms in total. The van der Waals surface area contributed by atoms with Crippen molar-refractivity contribution >= 4 is 22.9 Å². The number of amides is 1. The van der Waals surface area contributed by atoms with Crippen molar-refractivity contribution in [2.24, 2.45) is 0 Å². The van der Waals surface area contributed by atoms with Crippen LogP contribution in [0.3, 0.4) is 0 Å². The van der Waals surface area contributed by atoms with Crippen LogP contribution in [0.5, 0.6) is 0 Å². The lowest BCUT2D eigenvalue weighted by molar-refractivity contribution is -0.122. The van der Waals surface area contributed by atoms with Crippen LogP contribution < -0.4 is 10.2 Å². The molecule has 2 aliphatic rings. The zero-order valence-corrected chi connectivity index (χ0v) is 15.4. The smallest absolute Gasteiger partial charge is 0.234 e. The van der Waals surface area contributed by atoms with Gasteiger partial charge in [-0.15, -0.1) is 11.3 Å². The van der Waals surface area contributed by atoms with E-state index in [1.807, 2.05) is 11.3 Å². The molecule has 1 N–H and O–H groups in total. The fraction of sp³-hybridized carbons (Fsp3) is 0.450. The van der Waals surface area contributed by atoms with Gasteiger partial charge in [0.25, 0.3) is 0 Å². The zero-order valence-electron chi connectivity index (χ0n) is 14.5. The van der Waals surface area contributed by atoms with E-state index in [-0.39, 0.29) is 5.91 Å². The normalized spacial score (nSPS) is 17.5. The Morgan fingerprint density at radius 2 is 1.88 bits per heavy atom. The van der Waals surface area contributed by atoms with E-state index in [4.69, 9.17) is 0 Å². The number of nitrogens with one attached hydrogen (secondary N) is 1. The van der Waals surface area contributed by atoms with E-state index in [0.29, 0.717) is 13.1 Å². The van der Waals surface area contributed by atoms with E-state index in [1.54, 1.807) is 0 Å². The molecule has 3 heterocycles. The number of carbonyl (C=O) groups is 1. The summed E-state index contributed by atoms with van der Waals surface area (Å²) >= 11 is 1.83. The predicted octanol–water partition coefficient (Wildman–Crippen LogP) is 3.02. The van der Waals surface area contributed by atoms with Gasteiger partial charge in [-0.05, 0) is 54.0 Å². The minimum atomic E-state index is 0.113. The van der Waals surface area contributed by atoms with Crippen molar-refractivity contribution in [1.82, 2.24) is 10.2 Å². The van der Waals surface area contributed by atoms with Gasteiger partial charge in [-0.2, -0.15) is 0 Å². The number of benzene rings is 1. The second-order valence-electron chi connectivity index (χ2n) is 6.97. The lowest BCUT2D eigenvalue weighted by Crippen LogP contribution is -2.39. The van der Waals surface area contributed by atoms with Crippen LogP contribution in [0, 0.1) is 0 Å². The van der Waals surface area contributed by atoms with Gasteiger partial charge >= 0.3 is 0 Å². The Kier molecular flexibility index (Phi) is 5.04. The maximum absolute atomic E-state index is 12.3. The van der Waals surface area contributed by atoms with E-state index in [0.717, 1.165) is 38.2 Å². The molecule has 1 aromatic heterocycles. The van der Waals surface area contributed by atoms with E-state index in [9.17, 15) is 4.79 Å². The number of nitrogens with zero attached hydrogens (tertiary/aromatic N) is 2. The van der Waals surface area contributed by atoms with E-state index >= 15 is 0 Å². The van der Waals surface area contributed by atoms with Gasteiger partial charge in [0.2, 0.25) is 5.91 Å². The highest BCUT2D eigenvalue weighted by Gasteiger charge is 2.19. The number of rotatable bonds is 5. The minimum absolute atomic E-state index is 0.113. The minimum Gasteiger partial charge on any atom is -0.372 e. The summed E-state index contributed by atoms with van der Waals surface area (Å²) in [6.07, 6.45) is 3.65. The molecular weight excluding hydrogens is 330 g/mol. The maximum Gasteiger partial charge on any atom is 0.234 e. The molecular formula is C20H25N3OS. The molecule has 1 fully saturated rings. The summed E-state index contributed by atoms with van der Waals surface area (Å²) in [5.74, 6) is 0.113. The van der Waals surface area contributed by atoms with Gasteiger partial charge in [-0.1, -0.05) is 12.1 Å². The van der Waals surface area contributed by atoms with Crippen molar-refractivity contribution in [3.63, 3.8) is 0 Å². The average Bonchev–Trinajstić information content (AvgIpc) is 3.32. The van der Waals surface area contributed by atoms with Gasteiger partial charge in [-0.25, -0.2) is 0 Å². The number of hydrogen-bond donors (Lipinski definition) is 1. The fourth-order valence-corrected chi connectivity index (χ4v) is 4.59. The number of thiophene rings is 1. The summed E-state index contributed by atoms with van der Waals surface area (Å²) in [6.45, 7) is 5.30. The molecule has 0 saturated carbocycles. The van der Waals surface area contributed by atoms with Crippen molar-refractivity contribution in [3.8, 4) is 0 Å². The third-order valence-electron chi connectivity index (χ3n) is 5.15. The van der Waals surface area contributed by atoms with Crippen molar-refractivity contribution in [1.29, 1.82) is 0 Å². The van der Waals surface area contributed by atoms with Gasteiger partial charge < -0.3 is 10.2 Å². The second kappa shape index (κ2) is 7.58. The van der Waals surface area contributed by atoms with E-state index in [2.05, 4.69) is 50.8 Å². The third kappa shape index (κ3) is 4.05. The maximum atomic E-state index is 12.3. The lowest BCUT2D eigenvalue weighted by atomic mass is 10.1. The summed E-state index contributed by atoms with van der Waals surface area (Å²) in [7, 11) is 0. The van der Waals surface area contributed by atoms with Gasteiger partial charge in [0.1, 0.15) is 0 Å². The summed E-state index contributed by atoms with van der Waals surface area (Å²) in [5, 5.41) is 5.21. The molecule has 1 amide bonds.